The summed E-state index contributed by atoms with van der Waals surface area (Å²) in [4.78, 5) is 38.6. The molecule has 0 bridgehead atoms. The molecule has 1 aromatic rings. The van der Waals surface area contributed by atoms with E-state index in [1.54, 1.807) is 10.6 Å². The van der Waals surface area contributed by atoms with E-state index in [1.165, 1.54) is 7.11 Å². The average Bonchev–Trinajstić information content (AvgIpc) is 2.74. The fourth-order valence-corrected chi connectivity index (χ4v) is 4.22. The van der Waals surface area contributed by atoms with Crippen LogP contribution in [0.5, 0.6) is 0 Å². The van der Waals surface area contributed by atoms with Gasteiger partial charge in [-0.1, -0.05) is 26.7 Å². The summed E-state index contributed by atoms with van der Waals surface area (Å²) in [5, 5.41) is 2.70. The lowest BCUT2D eigenvalue weighted by Crippen LogP contribution is -2.47. The van der Waals surface area contributed by atoms with Crippen molar-refractivity contribution in [1.29, 1.82) is 0 Å². The number of ether oxygens (including phenoxy) is 3. The molecule has 1 aromatic heterocycles. The van der Waals surface area contributed by atoms with E-state index in [4.69, 9.17) is 14.2 Å². The summed E-state index contributed by atoms with van der Waals surface area (Å²) in [6.07, 6.45) is 6.20. The van der Waals surface area contributed by atoms with Crippen molar-refractivity contribution in [2.45, 2.75) is 77.7 Å². The molecule has 8 nitrogen and oxygen atoms in total. The van der Waals surface area contributed by atoms with Crippen LogP contribution in [-0.4, -0.2) is 49.1 Å². The maximum Gasteiger partial charge on any atom is 0.328 e. The third-order valence-corrected chi connectivity index (χ3v) is 5.98. The summed E-state index contributed by atoms with van der Waals surface area (Å²) in [7, 11) is 1.28. The highest BCUT2D eigenvalue weighted by Gasteiger charge is 2.28. The number of carbonyl (C=O) groups is 2. The van der Waals surface area contributed by atoms with Gasteiger partial charge in [-0.25, -0.2) is 4.79 Å². The van der Waals surface area contributed by atoms with Crippen LogP contribution in [0.2, 0.25) is 0 Å². The number of nitrogens with one attached hydrogen (secondary N) is 1. The number of amides is 1. The van der Waals surface area contributed by atoms with Crippen LogP contribution in [0, 0.1) is 5.92 Å². The zero-order valence-electron chi connectivity index (χ0n) is 18.8. The summed E-state index contributed by atoms with van der Waals surface area (Å²) in [6.45, 7) is 5.08. The Balaban J connectivity index is 1.98. The second-order valence-corrected chi connectivity index (χ2v) is 8.60. The van der Waals surface area contributed by atoms with Crippen molar-refractivity contribution >= 4 is 11.9 Å². The summed E-state index contributed by atoms with van der Waals surface area (Å²) < 4.78 is 17.8. The predicted molar refractivity (Wildman–Crippen MR) is 115 cm³/mol. The van der Waals surface area contributed by atoms with E-state index in [0.717, 1.165) is 56.2 Å². The number of carbonyl (C=O) groups excluding carboxylic acids is 2. The normalized spacial score (nSPS) is 18.6. The van der Waals surface area contributed by atoms with Crippen molar-refractivity contribution < 1.29 is 23.8 Å². The predicted octanol–water partition coefficient (Wildman–Crippen LogP) is 2.20. The SMILES string of the molecule is COC(=O)C(NC(=O)c1cc2c(n(CC3OCCCO3)c1=O)CCCCCC2)C(C)C. The molecule has 1 unspecified atom stereocenters. The molecule has 1 saturated heterocycles. The number of esters is 1. The van der Waals surface area contributed by atoms with Crippen LogP contribution in [0.1, 0.15) is 67.6 Å². The first-order valence-electron chi connectivity index (χ1n) is 11.3. The Kier molecular flexibility index (Phi) is 8.26. The van der Waals surface area contributed by atoms with E-state index in [9.17, 15) is 14.4 Å². The maximum absolute atomic E-state index is 13.4. The number of nitrogens with zero attached hydrogens (tertiary/aromatic N) is 1. The van der Waals surface area contributed by atoms with Crippen LogP contribution in [0.4, 0.5) is 0 Å². The number of aryl methyl sites for hydroxylation is 1. The number of hydrogen-bond donors (Lipinski definition) is 1. The van der Waals surface area contributed by atoms with Crippen LogP contribution >= 0.6 is 0 Å². The zero-order valence-corrected chi connectivity index (χ0v) is 18.8. The molecular weight excluding hydrogens is 400 g/mol. The minimum absolute atomic E-state index is 0.0460. The zero-order chi connectivity index (χ0) is 22.4. The fraction of sp³-hybridized carbons (Fsp3) is 0.696. The van der Waals surface area contributed by atoms with E-state index in [1.807, 2.05) is 13.8 Å². The lowest BCUT2D eigenvalue weighted by atomic mass is 9.95. The molecule has 172 valence electrons. The van der Waals surface area contributed by atoms with Crippen molar-refractivity contribution in [2.75, 3.05) is 20.3 Å². The molecule has 1 aliphatic heterocycles. The van der Waals surface area contributed by atoms with E-state index in [2.05, 4.69) is 5.32 Å². The molecule has 3 rings (SSSR count). The quantitative estimate of drug-likeness (QED) is 0.690. The second-order valence-electron chi connectivity index (χ2n) is 8.60. The first-order valence-corrected chi connectivity index (χ1v) is 11.3. The molecule has 2 aliphatic rings. The monoisotopic (exact) mass is 434 g/mol. The van der Waals surface area contributed by atoms with Gasteiger partial charge in [-0.05, 0) is 49.7 Å². The minimum atomic E-state index is -0.822. The van der Waals surface area contributed by atoms with Gasteiger partial charge in [0.15, 0.2) is 6.29 Å². The smallest absolute Gasteiger partial charge is 0.328 e. The second kappa shape index (κ2) is 10.9. The lowest BCUT2D eigenvalue weighted by Gasteiger charge is -2.27. The van der Waals surface area contributed by atoms with E-state index in [-0.39, 0.29) is 23.6 Å². The third kappa shape index (κ3) is 5.74. The summed E-state index contributed by atoms with van der Waals surface area (Å²) in [5.41, 5.74) is 1.65. The number of fused-ring (bicyclic) bond motifs is 1. The minimum Gasteiger partial charge on any atom is -0.467 e. The molecule has 0 spiro atoms. The Morgan fingerprint density at radius 3 is 2.45 bits per heavy atom. The van der Waals surface area contributed by atoms with Gasteiger partial charge in [-0.3, -0.25) is 9.59 Å². The van der Waals surface area contributed by atoms with Crippen molar-refractivity contribution in [3.63, 3.8) is 0 Å². The Labute approximate surface area is 183 Å². The first kappa shape index (κ1) is 23.5. The molecule has 1 fully saturated rings. The largest absolute Gasteiger partial charge is 0.467 e. The highest BCUT2D eigenvalue weighted by atomic mass is 16.7. The van der Waals surface area contributed by atoms with Gasteiger partial charge in [-0.2, -0.15) is 0 Å². The first-order chi connectivity index (χ1) is 14.9. The van der Waals surface area contributed by atoms with Crippen LogP contribution < -0.4 is 10.9 Å². The molecule has 1 amide bonds. The fourth-order valence-electron chi connectivity index (χ4n) is 4.22. The van der Waals surface area contributed by atoms with Crippen LogP contribution in [-0.2, 0) is 38.4 Å². The highest BCUT2D eigenvalue weighted by Crippen LogP contribution is 2.21. The number of hydrogen-bond acceptors (Lipinski definition) is 6. The Morgan fingerprint density at radius 2 is 1.81 bits per heavy atom. The summed E-state index contributed by atoms with van der Waals surface area (Å²) in [6, 6.07) is 0.892. The van der Waals surface area contributed by atoms with Crippen LogP contribution in [0.15, 0.2) is 10.9 Å². The maximum atomic E-state index is 13.4. The lowest BCUT2D eigenvalue weighted by molar-refractivity contribution is -0.185. The molecule has 8 heteroatoms. The highest BCUT2D eigenvalue weighted by molar-refractivity contribution is 5.96. The number of methoxy groups -OCH3 is 1. The van der Waals surface area contributed by atoms with Gasteiger partial charge in [-0.15, -0.1) is 0 Å². The molecule has 1 N–H and O–H groups in total. The average molecular weight is 435 g/mol. The Morgan fingerprint density at radius 1 is 1.13 bits per heavy atom. The van der Waals surface area contributed by atoms with Crippen molar-refractivity contribution in [2.24, 2.45) is 5.92 Å². The molecule has 31 heavy (non-hydrogen) atoms. The van der Waals surface area contributed by atoms with Gasteiger partial charge >= 0.3 is 5.97 Å². The van der Waals surface area contributed by atoms with E-state index >= 15 is 0 Å². The topological polar surface area (TPSA) is 95.9 Å². The number of rotatable bonds is 6. The van der Waals surface area contributed by atoms with Crippen molar-refractivity contribution in [3.8, 4) is 0 Å². The van der Waals surface area contributed by atoms with E-state index in [0.29, 0.717) is 13.2 Å². The standard InChI is InChI=1S/C23H34N2O6/c1-15(2)20(23(28)29-3)24-21(26)17-13-16-9-6-4-5-7-10-18(16)25(22(17)27)14-19-30-11-8-12-31-19/h13,15,19-20H,4-12,14H2,1-3H3,(H,24,26). The number of aromatic nitrogens is 1. The van der Waals surface area contributed by atoms with Gasteiger partial charge in [0.2, 0.25) is 0 Å². The van der Waals surface area contributed by atoms with Gasteiger partial charge in [0, 0.05) is 5.69 Å². The molecule has 1 aliphatic carbocycles. The number of pyridine rings is 1. The molecular formula is C23H34N2O6. The summed E-state index contributed by atoms with van der Waals surface area (Å²) >= 11 is 0. The van der Waals surface area contributed by atoms with E-state index < -0.39 is 24.2 Å². The Hall–Kier alpha value is -2.19. The van der Waals surface area contributed by atoms with Gasteiger partial charge < -0.3 is 24.1 Å². The van der Waals surface area contributed by atoms with Crippen molar-refractivity contribution in [3.05, 3.63) is 33.2 Å². The van der Waals surface area contributed by atoms with Gasteiger partial charge in [0.25, 0.3) is 11.5 Å². The van der Waals surface area contributed by atoms with Crippen LogP contribution in [0.3, 0.4) is 0 Å². The van der Waals surface area contributed by atoms with Gasteiger partial charge in [0.05, 0.1) is 26.9 Å². The summed E-state index contributed by atoms with van der Waals surface area (Å²) in [5.74, 6) is -1.26. The Bertz CT molecular complexity index is 841. The van der Waals surface area contributed by atoms with Crippen molar-refractivity contribution in [1.82, 2.24) is 9.88 Å². The molecule has 0 saturated carbocycles. The molecule has 2 heterocycles. The molecule has 0 aromatic carbocycles. The molecule has 1 atom stereocenters. The third-order valence-electron chi connectivity index (χ3n) is 5.98. The molecule has 0 radical (unpaired) electrons. The van der Waals surface area contributed by atoms with Crippen LogP contribution in [0.25, 0.3) is 0 Å². The van der Waals surface area contributed by atoms with Gasteiger partial charge in [0.1, 0.15) is 11.6 Å².